The zero-order chi connectivity index (χ0) is 21.7. The SMILES string of the molecule is CN=C(C)C(=CN)c1ccc(Cl)c(-c2cnc(NC(=O)c3cnccc3C)cn2)c1. The molecule has 0 fully saturated rings. The Labute approximate surface area is 179 Å². The van der Waals surface area contributed by atoms with Crippen molar-refractivity contribution in [3.63, 3.8) is 0 Å². The van der Waals surface area contributed by atoms with E-state index in [4.69, 9.17) is 17.3 Å². The number of hydrogen-bond donors (Lipinski definition) is 2. The van der Waals surface area contributed by atoms with Gasteiger partial charge < -0.3 is 11.1 Å². The summed E-state index contributed by atoms with van der Waals surface area (Å²) in [5.74, 6) is 0.0329. The van der Waals surface area contributed by atoms with Crippen molar-refractivity contribution in [1.82, 2.24) is 15.0 Å². The van der Waals surface area contributed by atoms with Crippen LogP contribution >= 0.6 is 11.6 Å². The summed E-state index contributed by atoms with van der Waals surface area (Å²) in [5.41, 5.74) is 10.8. The van der Waals surface area contributed by atoms with Crippen molar-refractivity contribution in [2.75, 3.05) is 12.4 Å². The summed E-state index contributed by atoms with van der Waals surface area (Å²) < 4.78 is 0. The lowest BCUT2D eigenvalue weighted by atomic mass is 9.99. The normalized spacial score (nSPS) is 12.0. The number of anilines is 1. The Morgan fingerprint density at radius 2 is 2.00 bits per heavy atom. The van der Waals surface area contributed by atoms with Gasteiger partial charge in [-0.1, -0.05) is 17.7 Å². The molecule has 8 heteroatoms. The lowest BCUT2D eigenvalue weighted by molar-refractivity contribution is 0.102. The van der Waals surface area contributed by atoms with Crippen LogP contribution in [0.4, 0.5) is 5.82 Å². The minimum atomic E-state index is -0.297. The molecule has 30 heavy (non-hydrogen) atoms. The van der Waals surface area contributed by atoms with Crippen molar-refractivity contribution in [3.05, 3.63) is 77.0 Å². The van der Waals surface area contributed by atoms with E-state index in [-0.39, 0.29) is 5.91 Å². The fraction of sp³-hybridized carbons (Fsp3) is 0.136. The second-order valence-corrected chi connectivity index (χ2v) is 6.92. The Morgan fingerprint density at radius 1 is 1.20 bits per heavy atom. The van der Waals surface area contributed by atoms with E-state index in [1.165, 1.54) is 18.6 Å². The first kappa shape index (κ1) is 21.1. The standard InChI is InChI=1S/C22H21ClN6O/c1-13-6-7-26-10-18(13)22(30)29-21-12-27-20(11-28-21)16-8-15(4-5-19(16)23)17(9-24)14(2)25-3/h4-12H,24H2,1-3H3,(H,28,29,30). The fourth-order valence-electron chi connectivity index (χ4n) is 2.85. The van der Waals surface area contributed by atoms with Crippen LogP contribution in [-0.2, 0) is 0 Å². The maximum absolute atomic E-state index is 12.4. The zero-order valence-electron chi connectivity index (χ0n) is 16.8. The van der Waals surface area contributed by atoms with Gasteiger partial charge in [-0.3, -0.25) is 19.8 Å². The molecule has 3 aromatic rings. The fourth-order valence-corrected chi connectivity index (χ4v) is 3.07. The molecule has 0 aliphatic heterocycles. The lowest BCUT2D eigenvalue weighted by Crippen LogP contribution is -2.14. The second kappa shape index (κ2) is 9.28. The average Bonchev–Trinajstić information content (AvgIpc) is 2.76. The summed E-state index contributed by atoms with van der Waals surface area (Å²) in [4.78, 5) is 29.3. The highest BCUT2D eigenvalue weighted by molar-refractivity contribution is 6.33. The molecule has 1 aromatic carbocycles. The molecule has 3 rings (SSSR count). The van der Waals surface area contributed by atoms with Crippen molar-refractivity contribution in [3.8, 4) is 11.3 Å². The Bertz CT molecular complexity index is 1140. The number of carbonyl (C=O) groups excluding carboxylic acids is 1. The number of carbonyl (C=O) groups is 1. The molecule has 152 valence electrons. The van der Waals surface area contributed by atoms with E-state index in [1.54, 1.807) is 31.6 Å². The third-order valence-electron chi connectivity index (χ3n) is 4.62. The molecular formula is C22H21ClN6O. The number of nitrogens with zero attached hydrogens (tertiary/aromatic N) is 4. The van der Waals surface area contributed by atoms with Crippen molar-refractivity contribution < 1.29 is 4.79 Å². The van der Waals surface area contributed by atoms with Crippen LogP contribution in [0.3, 0.4) is 0 Å². The van der Waals surface area contributed by atoms with Crippen LogP contribution < -0.4 is 11.1 Å². The smallest absolute Gasteiger partial charge is 0.258 e. The molecule has 0 unspecified atom stereocenters. The van der Waals surface area contributed by atoms with Crippen LogP contribution in [-0.4, -0.2) is 33.6 Å². The van der Waals surface area contributed by atoms with E-state index in [1.807, 2.05) is 26.0 Å². The highest BCUT2D eigenvalue weighted by atomic mass is 35.5. The minimum absolute atomic E-state index is 0.297. The number of aliphatic imine (C=N–C) groups is 1. The number of rotatable bonds is 5. The van der Waals surface area contributed by atoms with Crippen LogP contribution in [0.1, 0.15) is 28.4 Å². The van der Waals surface area contributed by atoms with Crippen LogP contribution in [0.15, 0.2) is 60.2 Å². The summed E-state index contributed by atoms with van der Waals surface area (Å²) in [7, 11) is 1.71. The summed E-state index contributed by atoms with van der Waals surface area (Å²) >= 11 is 6.39. The van der Waals surface area contributed by atoms with Gasteiger partial charge in [0.1, 0.15) is 0 Å². The molecule has 0 radical (unpaired) electrons. The lowest BCUT2D eigenvalue weighted by Gasteiger charge is -2.11. The van der Waals surface area contributed by atoms with Gasteiger partial charge in [-0.15, -0.1) is 0 Å². The first-order valence-electron chi connectivity index (χ1n) is 9.14. The Hall–Kier alpha value is -3.58. The maximum Gasteiger partial charge on any atom is 0.258 e. The summed E-state index contributed by atoms with van der Waals surface area (Å²) in [5, 5.41) is 3.25. The molecule has 0 bridgehead atoms. The van der Waals surface area contributed by atoms with Gasteiger partial charge in [-0.2, -0.15) is 0 Å². The largest absolute Gasteiger partial charge is 0.404 e. The van der Waals surface area contributed by atoms with E-state index in [0.29, 0.717) is 27.7 Å². The van der Waals surface area contributed by atoms with E-state index < -0.39 is 0 Å². The molecule has 0 aliphatic carbocycles. The molecule has 0 saturated heterocycles. The predicted molar refractivity (Wildman–Crippen MR) is 121 cm³/mol. The van der Waals surface area contributed by atoms with Gasteiger partial charge in [0, 0.05) is 42.5 Å². The number of pyridine rings is 1. The average molecular weight is 421 g/mol. The first-order chi connectivity index (χ1) is 14.4. The third-order valence-corrected chi connectivity index (χ3v) is 4.95. The molecule has 7 nitrogen and oxygen atoms in total. The van der Waals surface area contributed by atoms with Gasteiger partial charge in [0.05, 0.1) is 28.7 Å². The van der Waals surface area contributed by atoms with Crippen molar-refractivity contribution >= 4 is 34.6 Å². The number of nitrogens with one attached hydrogen (secondary N) is 1. The number of halogens is 1. The van der Waals surface area contributed by atoms with Crippen LogP contribution in [0.5, 0.6) is 0 Å². The molecule has 0 saturated carbocycles. The predicted octanol–water partition coefficient (Wildman–Crippen LogP) is 4.14. The van der Waals surface area contributed by atoms with Gasteiger partial charge in [0.2, 0.25) is 0 Å². The minimum Gasteiger partial charge on any atom is -0.404 e. The van der Waals surface area contributed by atoms with Crippen molar-refractivity contribution in [2.24, 2.45) is 10.7 Å². The number of allylic oxidation sites excluding steroid dienone is 1. The van der Waals surface area contributed by atoms with Gasteiger partial charge in [-0.05, 0) is 43.2 Å². The monoisotopic (exact) mass is 420 g/mol. The van der Waals surface area contributed by atoms with Crippen molar-refractivity contribution in [2.45, 2.75) is 13.8 Å². The Kier molecular flexibility index (Phi) is 6.54. The van der Waals surface area contributed by atoms with Gasteiger partial charge in [-0.25, -0.2) is 4.98 Å². The van der Waals surface area contributed by atoms with Gasteiger partial charge in [0.25, 0.3) is 5.91 Å². The molecule has 0 aliphatic rings. The van der Waals surface area contributed by atoms with E-state index in [9.17, 15) is 4.79 Å². The second-order valence-electron chi connectivity index (χ2n) is 6.52. The zero-order valence-corrected chi connectivity index (χ0v) is 17.6. The van der Waals surface area contributed by atoms with Crippen LogP contribution in [0, 0.1) is 6.92 Å². The number of aromatic nitrogens is 3. The Morgan fingerprint density at radius 3 is 2.63 bits per heavy atom. The first-order valence-corrected chi connectivity index (χ1v) is 9.52. The van der Waals surface area contributed by atoms with E-state index in [0.717, 1.165) is 22.4 Å². The van der Waals surface area contributed by atoms with Gasteiger partial charge in [0.15, 0.2) is 5.82 Å². The summed E-state index contributed by atoms with van der Waals surface area (Å²) in [6, 6.07) is 7.31. The summed E-state index contributed by atoms with van der Waals surface area (Å²) in [6.45, 7) is 3.73. The number of nitrogens with two attached hydrogens (primary N) is 1. The summed E-state index contributed by atoms with van der Waals surface area (Å²) in [6.07, 6.45) is 7.71. The third kappa shape index (κ3) is 4.52. The highest BCUT2D eigenvalue weighted by Gasteiger charge is 2.13. The van der Waals surface area contributed by atoms with Crippen molar-refractivity contribution in [1.29, 1.82) is 0 Å². The molecule has 2 aromatic heterocycles. The maximum atomic E-state index is 12.4. The van der Waals surface area contributed by atoms with E-state index in [2.05, 4.69) is 25.3 Å². The Balaban J connectivity index is 1.87. The molecular weight excluding hydrogens is 400 g/mol. The van der Waals surface area contributed by atoms with Crippen LogP contribution in [0.2, 0.25) is 5.02 Å². The van der Waals surface area contributed by atoms with Gasteiger partial charge >= 0.3 is 0 Å². The van der Waals surface area contributed by atoms with E-state index >= 15 is 0 Å². The number of amides is 1. The number of hydrogen-bond acceptors (Lipinski definition) is 6. The van der Waals surface area contributed by atoms with Crippen LogP contribution in [0.25, 0.3) is 16.8 Å². The molecule has 3 N–H and O–H groups in total. The number of aryl methyl sites for hydroxylation is 1. The molecule has 2 heterocycles. The molecule has 0 atom stereocenters. The topological polar surface area (TPSA) is 106 Å². The molecule has 0 spiro atoms. The molecule has 1 amide bonds. The highest BCUT2D eigenvalue weighted by Crippen LogP contribution is 2.30. The quantitative estimate of drug-likeness (QED) is 0.603. The number of benzene rings is 1.